The van der Waals surface area contributed by atoms with Gasteiger partial charge >= 0.3 is 0 Å². The van der Waals surface area contributed by atoms with Gasteiger partial charge in [0.15, 0.2) is 0 Å². The Kier molecular flexibility index (Phi) is 8.45. The summed E-state index contributed by atoms with van der Waals surface area (Å²) in [6.45, 7) is 3.65. The van der Waals surface area contributed by atoms with E-state index >= 15 is 0 Å². The summed E-state index contributed by atoms with van der Waals surface area (Å²) >= 11 is 0. The average molecular weight is 409 g/mol. The van der Waals surface area contributed by atoms with Gasteiger partial charge in [-0.25, -0.2) is 0 Å². The summed E-state index contributed by atoms with van der Waals surface area (Å²) in [5, 5.41) is 3.05. The highest BCUT2D eigenvalue weighted by atomic mass is 16.5. The van der Waals surface area contributed by atoms with E-state index in [4.69, 9.17) is 4.74 Å². The minimum Gasteiger partial charge on any atom is -0.376 e. The molecule has 30 heavy (non-hydrogen) atoms. The Balaban J connectivity index is 1.82. The van der Waals surface area contributed by atoms with Gasteiger partial charge in [0.1, 0.15) is 6.04 Å². The number of amides is 2. The van der Waals surface area contributed by atoms with Gasteiger partial charge in [0.25, 0.3) is 0 Å². The van der Waals surface area contributed by atoms with Crippen molar-refractivity contribution in [2.75, 3.05) is 13.2 Å². The summed E-state index contributed by atoms with van der Waals surface area (Å²) in [7, 11) is 0. The molecule has 0 bridgehead atoms. The third-order valence-corrected chi connectivity index (χ3v) is 5.46. The van der Waals surface area contributed by atoms with Crippen molar-refractivity contribution in [2.24, 2.45) is 0 Å². The second kappa shape index (κ2) is 11.5. The number of hydrogen-bond acceptors (Lipinski definition) is 3. The van der Waals surface area contributed by atoms with Crippen LogP contribution in [0.25, 0.3) is 0 Å². The van der Waals surface area contributed by atoms with Gasteiger partial charge in [-0.05, 0) is 30.4 Å². The summed E-state index contributed by atoms with van der Waals surface area (Å²) in [6, 6.07) is 19.2. The zero-order valence-corrected chi connectivity index (χ0v) is 17.8. The molecule has 1 aliphatic rings. The van der Waals surface area contributed by atoms with Gasteiger partial charge in [-0.15, -0.1) is 0 Å². The van der Waals surface area contributed by atoms with Crippen LogP contribution in [0.4, 0.5) is 0 Å². The van der Waals surface area contributed by atoms with Crippen LogP contribution in [0.3, 0.4) is 0 Å². The molecule has 2 amide bonds. The predicted octanol–water partition coefficient (Wildman–Crippen LogP) is 3.72. The Hall–Kier alpha value is -2.66. The zero-order chi connectivity index (χ0) is 21.2. The van der Waals surface area contributed by atoms with Crippen molar-refractivity contribution >= 4 is 11.8 Å². The largest absolute Gasteiger partial charge is 0.376 e. The fourth-order valence-electron chi connectivity index (χ4n) is 3.83. The van der Waals surface area contributed by atoms with Crippen LogP contribution in [0.15, 0.2) is 60.7 Å². The lowest BCUT2D eigenvalue weighted by molar-refractivity contribution is -0.141. The van der Waals surface area contributed by atoms with Crippen molar-refractivity contribution in [2.45, 2.75) is 57.7 Å². The topological polar surface area (TPSA) is 58.6 Å². The molecular weight excluding hydrogens is 376 g/mol. The molecule has 0 aromatic heterocycles. The Morgan fingerprint density at radius 2 is 1.73 bits per heavy atom. The van der Waals surface area contributed by atoms with Crippen LogP contribution in [0.2, 0.25) is 0 Å². The molecule has 3 rings (SSSR count). The van der Waals surface area contributed by atoms with Crippen molar-refractivity contribution in [3.63, 3.8) is 0 Å². The maximum absolute atomic E-state index is 13.3. The maximum Gasteiger partial charge on any atom is 0.243 e. The minimum atomic E-state index is -0.562. The Labute approximate surface area is 179 Å². The molecule has 0 spiro atoms. The molecule has 0 radical (unpaired) electrons. The Morgan fingerprint density at radius 3 is 2.33 bits per heavy atom. The molecule has 1 fully saturated rings. The van der Waals surface area contributed by atoms with Crippen molar-refractivity contribution in [1.82, 2.24) is 10.2 Å². The predicted molar refractivity (Wildman–Crippen MR) is 118 cm³/mol. The molecular formula is C25H32N2O3. The number of rotatable bonds is 10. The van der Waals surface area contributed by atoms with Crippen molar-refractivity contribution in [1.29, 1.82) is 0 Å². The number of hydrogen-bond donors (Lipinski definition) is 1. The van der Waals surface area contributed by atoms with Crippen LogP contribution >= 0.6 is 0 Å². The van der Waals surface area contributed by atoms with Gasteiger partial charge in [-0.1, -0.05) is 67.6 Å². The van der Waals surface area contributed by atoms with Gasteiger partial charge < -0.3 is 15.0 Å². The number of nitrogens with zero attached hydrogens (tertiary/aromatic N) is 1. The summed E-state index contributed by atoms with van der Waals surface area (Å²) in [4.78, 5) is 28.1. The summed E-state index contributed by atoms with van der Waals surface area (Å²) in [5.74, 6) is -0.107. The maximum atomic E-state index is 13.3. The monoisotopic (exact) mass is 408 g/mol. The number of benzene rings is 2. The molecule has 1 aliphatic heterocycles. The van der Waals surface area contributed by atoms with E-state index in [0.717, 1.165) is 37.0 Å². The number of ether oxygens (including phenoxy) is 1. The molecule has 1 saturated heterocycles. The molecule has 1 N–H and O–H groups in total. The van der Waals surface area contributed by atoms with E-state index in [9.17, 15) is 9.59 Å². The first-order valence-electron chi connectivity index (χ1n) is 10.9. The molecule has 0 unspecified atom stereocenters. The van der Waals surface area contributed by atoms with Crippen LogP contribution in [0.1, 0.15) is 43.7 Å². The quantitative estimate of drug-likeness (QED) is 0.652. The lowest BCUT2D eigenvalue weighted by Gasteiger charge is -2.32. The normalized spacial score (nSPS) is 16.8. The van der Waals surface area contributed by atoms with Crippen molar-refractivity contribution in [3.05, 3.63) is 71.8 Å². The summed E-state index contributed by atoms with van der Waals surface area (Å²) in [5.41, 5.74) is 2.06. The van der Waals surface area contributed by atoms with Crippen LogP contribution in [-0.2, 0) is 27.3 Å². The van der Waals surface area contributed by atoms with Crippen LogP contribution in [0.5, 0.6) is 0 Å². The number of carbonyl (C=O) groups excluding carboxylic acids is 2. The lowest BCUT2D eigenvalue weighted by Crippen LogP contribution is -2.51. The number of carbonyl (C=O) groups is 2. The highest BCUT2D eigenvalue weighted by Crippen LogP contribution is 2.17. The molecule has 0 saturated carbocycles. The average Bonchev–Trinajstić information content (AvgIpc) is 3.30. The molecule has 160 valence electrons. The molecule has 2 atom stereocenters. The van der Waals surface area contributed by atoms with Gasteiger partial charge in [0.2, 0.25) is 11.8 Å². The fourth-order valence-corrected chi connectivity index (χ4v) is 3.83. The minimum absolute atomic E-state index is 0.00884. The molecule has 0 aliphatic carbocycles. The van der Waals surface area contributed by atoms with E-state index in [-0.39, 0.29) is 17.9 Å². The summed E-state index contributed by atoms with van der Waals surface area (Å²) < 4.78 is 5.65. The standard InChI is InChI=1S/C25H32N2O3/c1-2-10-24(28)27(19-21-13-7-4-8-14-21)23(17-20-11-5-3-6-12-20)25(29)26-18-22-15-9-16-30-22/h3-8,11-14,22-23H,2,9-10,15-19H2,1H3,(H,26,29)/t22-,23-/m0/s1. The SMILES string of the molecule is CCCC(=O)N(Cc1ccccc1)[C@@H](Cc1ccccc1)C(=O)NC[C@@H]1CCCO1. The first-order chi connectivity index (χ1) is 14.7. The van der Waals surface area contributed by atoms with Crippen LogP contribution in [0, 0.1) is 0 Å². The first-order valence-corrected chi connectivity index (χ1v) is 10.9. The third kappa shape index (κ3) is 6.42. The Bertz CT molecular complexity index is 789. The van der Waals surface area contributed by atoms with E-state index in [1.807, 2.05) is 67.6 Å². The second-order valence-corrected chi connectivity index (χ2v) is 7.84. The highest BCUT2D eigenvalue weighted by molar-refractivity contribution is 5.88. The van der Waals surface area contributed by atoms with Gasteiger partial charge in [0.05, 0.1) is 6.10 Å². The van der Waals surface area contributed by atoms with Gasteiger partial charge in [0, 0.05) is 32.5 Å². The second-order valence-electron chi connectivity index (χ2n) is 7.84. The Morgan fingerprint density at radius 1 is 1.07 bits per heavy atom. The van der Waals surface area contributed by atoms with E-state index in [0.29, 0.717) is 25.9 Å². The zero-order valence-electron chi connectivity index (χ0n) is 17.8. The smallest absolute Gasteiger partial charge is 0.243 e. The molecule has 2 aromatic rings. The van der Waals surface area contributed by atoms with Crippen molar-refractivity contribution in [3.8, 4) is 0 Å². The van der Waals surface area contributed by atoms with Crippen LogP contribution in [-0.4, -0.2) is 42.0 Å². The fraction of sp³-hybridized carbons (Fsp3) is 0.440. The van der Waals surface area contributed by atoms with Gasteiger partial charge in [-0.2, -0.15) is 0 Å². The first kappa shape index (κ1) is 22.0. The van der Waals surface area contributed by atoms with E-state index in [1.54, 1.807) is 4.90 Å². The van der Waals surface area contributed by atoms with Crippen LogP contribution < -0.4 is 5.32 Å². The third-order valence-electron chi connectivity index (χ3n) is 5.46. The number of nitrogens with one attached hydrogen (secondary N) is 1. The molecule has 1 heterocycles. The van der Waals surface area contributed by atoms with E-state index < -0.39 is 6.04 Å². The van der Waals surface area contributed by atoms with Gasteiger partial charge in [-0.3, -0.25) is 9.59 Å². The molecule has 5 heteroatoms. The van der Waals surface area contributed by atoms with Crippen molar-refractivity contribution < 1.29 is 14.3 Å². The summed E-state index contributed by atoms with van der Waals surface area (Å²) in [6.07, 6.45) is 3.73. The molecule has 2 aromatic carbocycles. The van der Waals surface area contributed by atoms with E-state index in [1.165, 1.54) is 0 Å². The molecule has 5 nitrogen and oxygen atoms in total. The highest BCUT2D eigenvalue weighted by Gasteiger charge is 2.30. The van der Waals surface area contributed by atoms with E-state index in [2.05, 4.69) is 5.32 Å². The lowest BCUT2D eigenvalue weighted by atomic mass is 10.0.